The van der Waals surface area contributed by atoms with Crippen LogP contribution in [-0.2, 0) is 16.1 Å². The number of carbonyl (C=O) groups excluding carboxylic acids is 2. The minimum absolute atomic E-state index is 0.0515. The number of amides is 2. The average Bonchev–Trinajstić information content (AvgIpc) is 3.34. The number of nitrogens with zero attached hydrogens (tertiary/aromatic N) is 1. The van der Waals surface area contributed by atoms with Crippen molar-refractivity contribution in [3.8, 4) is 11.3 Å². The van der Waals surface area contributed by atoms with Crippen LogP contribution in [0.5, 0.6) is 0 Å². The van der Waals surface area contributed by atoms with E-state index in [0.717, 1.165) is 42.5 Å². The molecule has 0 aliphatic heterocycles. The molecular weight excluding hydrogens is 316 g/mol. The van der Waals surface area contributed by atoms with Gasteiger partial charge >= 0.3 is 0 Å². The summed E-state index contributed by atoms with van der Waals surface area (Å²) >= 11 is 0. The Labute approximate surface area is 147 Å². The number of carbonyl (C=O) groups is 2. The van der Waals surface area contributed by atoms with Crippen molar-refractivity contribution in [3.05, 3.63) is 42.1 Å². The topological polar surface area (TPSA) is 86.9 Å². The minimum atomic E-state index is -0.0515. The number of hydrogen-bond donors (Lipinski definition) is 3. The molecule has 1 heterocycles. The number of aromatic amines is 1. The van der Waals surface area contributed by atoms with Crippen molar-refractivity contribution < 1.29 is 9.59 Å². The fourth-order valence-corrected chi connectivity index (χ4v) is 3.14. The molecule has 2 aromatic rings. The molecule has 1 aromatic carbocycles. The maximum Gasteiger partial charge on any atom is 0.223 e. The summed E-state index contributed by atoms with van der Waals surface area (Å²) in [6, 6.07) is 9.88. The second-order valence-electron chi connectivity index (χ2n) is 6.47. The van der Waals surface area contributed by atoms with Gasteiger partial charge in [-0.25, -0.2) is 0 Å². The predicted octanol–water partition coefficient (Wildman–Crippen LogP) is 2.39. The summed E-state index contributed by atoms with van der Waals surface area (Å²) in [7, 11) is 0. The summed E-state index contributed by atoms with van der Waals surface area (Å²) in [5.74, 6) is 0.195. The number of nitrogens with one attached hydrogen (secondary N) is 3. The zero-order chi connectivity index (χ0) is 17.5. The van der Waals surface area contributed by atoms with Crippen LogP contribution in [0.15, 0.2) is 36.5 Å². The molecule has 3 rings (SSSR count). The van der Waals surface area contributed by atoms with Gasteiger partial charge in [-0.05, 0) is 30.0 Å². The van der Waals surface area contributed by atoms with Crippen molar-refractivity contribution in [2.24, 2.45) is 5.92 Å². The third kappa shape index (κ3) is 4.92. The van der Waals surface area contributed by atoms with Crippen LogP contribution in [0, 0.1) is 5.92 Å². The zero-order valence-electron chi connectivity index (χ0n) is 14.3. The van der Waals surface area contributed by atoms with E-state index in [-0.39, 0.29) is 17.7 Å². The molecule has 3 N–H and O–H groups in total. The molecule has 6 heteroatoms. The van der Waals surface area contributed by atoms with E-state index in [1.165, 1.54) is 0 Å². The Morgan fingerprint density at radius 2 is 1.84 bits per heavy atom. The van der Waals surface area contributed by atoms with Gasteiger partial charge in [0.05, 0.1) is 5.69 Å². The van der Waals surface area contributed by atoms with Crippen molar-refractivity contribution in [2.45, 2.75) is 38.6 Å². The Morgan fingerprint density at radius 3 is 2.52 bits per heavy atom. The monoisotopic (exact) mass is 340 g/mol. The Bertz CT molecular complexity index is 689. The van der Waals surface area contributed by atoms with Gasteiger partial charge in [0.2, 0.25) is 11.8 Å². The first-order chi connectivity index (χ1) is 12.2. The highest BCUT2D eigenvalue weighted by molar-refractivity contribution is 5.80. The number of rotatable bonds is 7. The lowest BCUT2D eigenvalue weighted by Crippen LogP contribution is -2.33. The van der Waals surface area contributed by atoms with Crippen molar-refractivity contribution >= 4 is 11.8 Å². The highest BCUT2D eigenvalue weighted by Gasteiger charge is 2.22. The zero-order valence-corrected chi connectivity index (χ0v) is 14.3. The third-order valence-corrected chi connectivity index (χ3v) is 4.63. The van der Waals surface area contributed by atoms with Crippen LogP contribution in [0.3, 0.4) is 0 Å². The van der Waals surface area contributed by atoms with Crippen LogP contribution < -0.4 is 10.6 Å². The molecule has 132 valence electrons. The Hall–Kier alpha value is -2.63. The van der Waals surface area contributed by atoms with Crippen molar-refractivity contribution in [1.82, 2.24) is 20.8 Å². The molecule has 0 atom stereocenters. The highest BCUT2D eigenvalue weighted by Crippen LogP contribution is 2.24. The van der Waals surface area contributed by atoms with Crippen LogP contribution in [0.1, 0.15) is 37.7 Å². The van der Waals surface area contributed by atoms with Gasteiger partial charge in [-0.2, -0.15) is 5.10 Å². The quantitative estimate of drug-likeness (QED) is 0.723. The van der Waals surface area contributed by atoms with Gasteiger partial charge in [0.1, 0.15) is 0 Å². The van der Waals surface area contributed by atoms with E-state index in [0.29, 0.717) is 19.5 Å². The standard InChI is InChI=1S/C19H24N4O2/c24-18(10-11-20-19(25)16-3-1-2-4-16)21-13-14-5-7-15(8-6-14)17-9-12-22-23-17/h5-9,12,16H,1-4,10-11,13H2,(H,20,25)(H,21,24)(H,22,23). The second-order valence-corrected chi connectivity index (χ2v) is 6.47. The van der Waals surface area contributed by atoms with Crippen LogP contribution in [0.25, 0.3) is 11.3 Å². The lowest BCUT2D eigenvalue weighted by Gasteiger charge is -2.10. The molecule has 6 nitrogen and oxygen atoms in total. The van der Waals surface area contributed by atoms with E-state index >= 15 is 0 Å². The van der Waals surface area contributed by atoms with E-state index in [1.807, 2.05) is 30.3 Å². The van der Waals surface area contributed by atoms with Gasteiger partial charge in [0, 0.05) is 31.6 Å². The summed E-state index contributed by atoms with van der Waals surface area (Å²) in [5, 5.41) is 12.6. The first kappa shape index (κ1) is 17.2. The fourth-order valence-electron chi connectivity index (χ4n) is 3.14. The van der Waals surface area contributed by atoms with E-state index < -0.39 is 0 Å². The van der Waals surface area contributed by atoms with Crippen LogP contribution >= 0.6 is 0 Å². The van der Waals surface area contributed by atoms with E-state index in [9.17, 15) is 9.59 Å². The first-order valence-electron chi connectivity index (χ1n) is 8.85. The van der Waals surface area contributed by atoms with Crippen LogP contribution in [0.2, 0.25) is 0 Å². The molecule has 1 fully saturated rings. The molecule has 1 aliphatic rings. The molecule has 0 radical (unpaired) electrons. The van der Waals surface area contributed by atoms with Gasteiger partial charge in [0.25, 0.3) is 0 Å². The molecule has 0 saturated heterocycles. The maximum atomic E-state index is 11.9. The predicted molar refractivity (Wildman–Crippen MR) is 95.5 cm³/mol. The summed E-state index contributed by atoms with van der Waals surface area (Å²) in [5.41, 5.74) is 3.06. The normalized spacial score (nSPS) is 14.4. The van der Waals surface area contributed by atoms with Crippen LogP contribution in [-0.4, -0.2) is 28.6 Å². The third-order valence-electron chi connectivity index (χ3n) is 4.63. The van der Waals surface area contributed by atoms with Gasteiger partial charge in [-0.1, -0.05) is 37.1 Å². The number of benzene rings is 1. The van der Waals surface area contributed by atoms with Gasteiger partial charge < -0.3 is 10.6 Å². The average molecular weight is 340 g/mol. The maximum absolute atomic E-state index is 11.9. The molecule has 0 unspecified atom stereocenters. The van der Waals surface area contributed by atoms with Gasteiger partial charge in [-0.3, -0.25) is 14.7 Å². The van der Waals surface area contributed by atoms with E-state index in [2.05, 4.69) is 20.8 Å². The fraction of sp³-hybridized carbons (Fsp3) is 0.421. The second kappa shape index (κ2) is 8.46. The molecule has 1 saturated carbocycles. The lowest BCUT2D eigenvalue weighted by atomic mass is 10.1. The summed E-state index contributed by atoms with van der Waals surface area (Å²) in [6.07, 6.45) is 6.26. The SMILES string of the molecule is O=C(CCNC(=O)C1CCCC1)NCc1ccc(-c2ccn[nH]2)cc1. The molecule has 1 aliphatic carbocycles. The largest absolute Gasteiger partial charge is 0.355 e. The Balaban J connectivity index is 1.36. The van der Waals surface area contributed by atoms with Gasteiger partial charge in [-0.15, -0.1) is 0 Å². The number of H-pyrrole nitrogens is 1. The van der Waals surface area contributed by atoms with Crippen molar-refractivity contribution in [1.29, 1.82) is 0 Å². The molecule has 25 heavy (non-hydrogen) atoms. The highest BCUT2D eigenvalue weighted by atomic mass is 16.2. The van der Waals surface area contributed by atoms with E-state index in [1.54, 1.807) is 6.20 Å². The number of aromatic nitrogens is 2. The summed E-state index contributed by atoms with van der Waals surface area (Å²) < 4.78 is 0. The summed E-state index contributed by atoms with van der Waals surface area (Å²) in [6.45, 7) is 0.887. The van der Waals surface area contributed by atoms with Crippen molar-refractivity contribution in [3.63, 3.8) is 0 Å². The van der Waals surface area contributed by atoms with Crippen molar-refractivity contribution in [2.75, 3.05) is 6.54 Å². The molecule has 0 bridgehead atoms. The smallest absolute Gasteiger partial charge is 0.223 e. The molecule has 2 amide bonds. The molecular formula is C19H24N4O2. The first-order valence-corrected chi connectivity index (χ1v) is 8.85. The van der Waals surface area contributed by atoms with Crippen LogP contribution in [0.4, 0.5) is 0 Å². The van der Waals surface area contributed by atoms with E-state index in [4.69, 9.17) is 0 Å². The lowest BCUT2D eigenvalue weighted by molar-refractivity contribution is -0.125. The Kier molecular flexibility index (Phi) is 5.82. The molecule has 1 aromatic heterocycles. The Morgan fingerprint density at radius 1 is 1.08 bits per heavy atom. The summed E-state index contributed by atoms with van der Waals surface area (Å²) in [4.78, 5) is 23.8. The number of hydrogen-bond acceptors (Lipinski definition) is 3. The molecule has 0 spiro atoms. The minimum Gasteiger partial charge on any atom is -0.355 e. The van der Waals surface area contributed by atoms with Gasteiger partial charge in [0.15, 0.2) is 0 Å².